The monoisotopic (exact) mass is 770 g/mol. The van der Waals surface area contributed by atoms with Crippen molar-refractivity contribution in [2.24, 2.45) is 0 Å². The third-order valence-electron chi connectivity index (χ3n) is 8.41. The van der Waals surface area contributed by atoms with Gasteiger partial charge in [0.1, 0.15) is 11.5 Å². The summed E-state index contributed by atoms with van der Waals surface area (Å²) in [5.74, 6) is -2.03. The molecule has 0 aliphatic carbocycles. The summed E-state index contributed by atoms with van der Waals surface area (Å²) in [7, 11) is -9.26. The van der Waals surface area contributed by atoms with Crippen molar-refractivity contribution < 1.29 is 50.5 Å². The van der Waals surface area contributed by atoms with Gasteiger partial charge < -0.3 is 20.8 Å². The molecule has 6 rings (SSSR count). The Bertz CT molecular complexity index is 2600. The molecule has 0 spiro atoms. The lowest BCUT2D eigenvalue weighted by atomic mass is 10.1. The van der Waals surface area contributed by atoms with Crippen LogP contribution in [0, 0.1) is 13.8 Å². The molecule has 0 fully saturated rings. The summed E-state index contributed by atoms with van der Waals surface area (Å²) < 4.78 is 67.2. The van der Waals surface area contributed by atoms with Crippen molar-refractivity contribution in [2.45, 2.75) is 23.6 Å². The molecule has 17 heteroatoms. The van der Waals surface area contributed by atoms with E-state index in [1.807, 2.05) is 0 Å². The van der Waals surface area contributed by atoms with E-state index in [-0.39, 0.29) is 34.0 Å². The highest BCUT2D eigenvalue weighted by molar-refractivity contribution is 7.86. The molecule has 0 unspecified atom stereocenters. The molecule has 0 radical (unpaired) electrons. The number of hydrogen-bond donors (Lipinski definition) is 8. The van der Waals surface area contributed by atoms with Crippen LogP contribution in [0.2, 0.25) is 0 Å². The summed E-state index contributed by atoms with van der Waals surface area (Å²) >= 11 is 0. The van der Waals surface area contributed by atoms with E-state index >= 15 is 0 Å². The number of nitrogens with one attached hydrogen (secondary N) is 4. The quantitative estimate of drug-likeness (QED) is 0.0795. The number of imide groups is 2. The first kappa shape index (κ1) is 37.2. The van der Waals surface area contributed by atoms with Crippen molar-refractivity contribution in [3.05, 3.63) is 119 Å². The number of carbonyl (C=O) groups excluding carboxylic acids is 3. The Hall–Kier alpha value is -6.53. The zero-order chi connectivity index (χ0) is 39.1. The van der Waals surface area contributed by atoms with Gasteiger partial charge in [0.25, 0.3) is 32.1 Å². The molecular formula is C37H30N4O11S2. The Morgan fingerprint density at radius 3 is 1.26 bits per heavy atom. The zero-order valence-corrected chi connectivity index (χ0v) is 29.8. The van der Waals surface area contributed by atoms with Gasteiger partial charge in [0.15, 0.2) is 0 Å². The van der Waals surface area contributed by atoms with E-state index in [1.165, 1.54) is 84.9 Å². The number of hydrogen-bond acceptors (Lipinski definition) is 11. The molecule has 0 aliphatic rings. The second-order valence-electron chi connectivity index (χ2n) is 12.2. The molecular weight excluding hydrogens is 741 g/mol. The van der Waals surface area contributed by atoms with Crippen molar-refractivity contribution in [3.8, 4) is 11.5 Å². The van der Waals surface area contributed by atoms with Gasteiger partial charge >= 0.3 is 6.03 Å². The van der Waals surface area contributed by atoms with Crippen LogP contribution in [-0.4, -0.2) is 54.0 Å². The van der Waals surface area contributed by atoms with Gasteiger partial charge in [-0.15, -0.1) is 0 Å². The van der Waals surface area contributed by atoms with E-state index < -0.39 is 47.9 Å². The molecule has 0 saturated heterocycles. The first-order chi connectivity index (χ1) is 25.3. The molecule has 0 saturated carbocycles. The maximum absolute atomic E-state index is 13.1. The van der Waals surface area contributed by atoms with Crippen molar-refractivity contribution >= 4 is 82.4 Å². The summed E-state index contributed by atoms with van der Waals surface area (Å²) in [5.41, 5.74) is 2.37. The molecule has 54 heavy (non-hydrogen) atoms. The minimum absolute atomic E-state index is 0.00641. The van der Waals surface area contributed by atoms with Gasteiger partial charge in [0, 0.05) is 44.6 Å². The molecule has 6 aromatic carbocycles. The second-order valence-corrected chi connectivity index (χ2v) is 15.1. The van der Waals surface area contributed by atoms with Gasteiger partial charge in [-0.1, -0.05) is 12.1 Å². The lowest BCUT2D eigenvalue weighted by molar-refractivity contribution is 0.0944. The lowest BCUT2D eigenvalue weighted by Crippen LogP contribution is -2.42. The Morgan fingerprint density at radius 2 is 0.889 bits per heavy atom. The fourth-order valence-corrected chi connectivity index (χ4v) is 6.72. The van der Waals surface area contributed by atoms with Gasteiger partial charge in [0.2, 0.25) is 0 Å². The number of aromatic hydroxyl groups is 2. The van der Waals surface area contributed by atoms with E-state index in [4.69, 9.17) is 0 Å². The summed E-state index contributed by atoms with van der Waals surface area (Å²) in [5, 5.41) is 31.7. The number of urea groups is 1. The van der Waals surface area contributed by atoms with Crippen LogP contribution in [0.1, 0.15) is 31.8 Å². The standard InChI is InChI=1S/C37H30N4O11S2/c1-19-3-5-21(15-31(19)38-33-17-27(53(47,48)49)13-23-11-25(42)7-9-29(23)33)35(44)40-37(46)41-36(45)22-6-4-20(2)32(16-22)39-34-18-28(54(50,51)52)14-24-12-26(43)8-10-30(24)34/h3-18,38-39,42-43H,1-2H3,(H,47,48,49)(H,50,51,52)(H2,40,41,44,45,46). The summed E-state index contributed by atoms with van der Waals surface area (Å²) in [4.78, 5) is 38.2. The van der Waals surface area contributed by atoms with Crippen LogP contribution in [0.4, 0.5) is 27.5 Å². The van der Waals surface area contributed by atoms with Crippen LogP contribution in [-0.2, 0) is 20.2 Å². The van der Waals surface area contributed by atoms with Gasteiger partial charge in [-0.25, -0.2) is 4.79 Å². The van der Waals surface area contributed by atoms with Crippen molar-refractivity contribution in [3.63, 3.8) is 0 Å². The van der Waals surface area contributed by atoms with Gasteiger partial charge in [-0.3, -0.25) is 29.3 Å². The number of phenols is 2. The summed E-state index contributed by atoms with van der Waals surface area (Å²) in [6, 6.07) is 20.9. The highest BCUT2D eigenvalue weighted by Crippen LogP contribution is 2.35. The van der Waals surface area contributed by atoms with E-state index in [2.05, 4.69) is 21.3 Å². The van der Waals surface area contributed by atoms with Crippen LogP contribution in [0.15, 0.2) is 107 Å². The normalized spacial score (nSPS) is 11.6. The molecule has 0 aromatic heterocycles. The maximum Gasteiger partial charge on any atom is 0.328 e. The number of benzene rings is 6. The third kappa shape index (κ3) is 8.08. The van der Waals surface area contributed by atoms with Crippen LogP contribution in [0.3, 0.4) is 0 Å². The van der Waals surface area contributed by atoms with Gasteiger partial charge in [-0.2, -0.15) is 16.8 Å². The number of amides is 4. The number of fused-ring (bicyclic) bond motifs is 2. The Labute approximate surface area is 307 Å². The van der Waals surface area contributed by atoms with E-state index in [0.29, 0.717) is 44.0 Å². The van der Waals surface area contributed by atoms with Crippen LogP contribution in [0.5, 0.6) is 11.5 Å². The summed E-state index contributed by atoms with van der Waals surface area (Å²) in [6.07, 6.45) is 0. The van der Waals surface area contributed by atoms with Crippen LogP contribution >= 0.6 is 0 Å². The fourth-order valence-electron chi connectivity index (χ4n) is 5.63. The smallest absolute Gasteiger partial charge is 0.328 e. The number of phenolic OH excluding ortho intramolecular Hbond substituents is 2. The first-order valence-corrected chi connectivity index (χ1v) is 18.6. The Morgan fingerprint density at radius 1 is 0.500 bits per heavy atom. The highest BCUT2D eigenvalue weighted by Gasteiger charge is 2.19. The van der Waals surface area contributed by atoms with E-state index in [0.717, 1.165) is 0 Å². The molecule has 0 atom stereocenters. The van der Waals surface area contributed by atoms with Crippen LogP contribution in [0.25, 0.3) is 21.5 Å². The van der Waals surface area contributed by atoms with Crippen molar-refractivity contribution in [1.29, 1.82) is 0 Å². The topological polar surface area (TPSA) is 249 Å². The number of aryl methyl sites for hydroxylation is 2. The molecule has 276 valence electrons. The fraction of sp³-hybridized carbons (Fsp3) is 0.0541. The average Bonchev–Trinajstić information content (AvgIpc) is 3.08. The number of anilines is 4. The summed E-state index contributed by atoms with van der Waals surface area (Å²) in [6.45, 7) is 3.42. The molecule has 0 heterocycles. The highest BCUT2D eigenvalue weighted by atomic mass is 32.2. The molecule has 0 aliphatic heterocycles. The minimum atomic E-state index is -4.63. The van der Waals surface area contributed by atoms with Gasteiger partial charge in [-0.05, 0) is 121 Å². The first-order valence-electron chi connectivity index (χ1n) is 15.8. The number of rotatable bonds is 8. The lowest BCUT2D eigenvalue weighted by Gasteiger charge is -2.15. The predicted molar refractivity (Wildman–Crippen MR) is 200 cm³/mol. The van der Waals surface area contributed by atoms with Crippen molar-refractivity contribution in [1.82, 2.24) is 10.6 Å². The van der Waals surface area contributed by atoms with Crippen LogP contribution < -0.4 is 21.3 Å². The second kappa shape index (κ2) is 14.1. The molecule has 8 N–H and O–H groups in total. The van der Waals surface area contributed by atoms with Crippen molar-refractivity contribution in [2.75, 3.05) is 10.6 Å². The molecule has 15 nitrogen and oxygen atoms in total. The zero-order valence-electron chi connectivity index (χ0n) is 28.2. The largest absolute Gasteiger partial charge is 0.508 e. The Balaban J connectivity index is 1.19. The predicted octanol–water partition coefficient (Wildman–Crippen LogP) is 6.28. The molecule has 4 amide bonds. The molecule has 6 aromatic rings. The Kier molecular flexibility index (Phi) is 9.74. The average molecular weight is 771 g/mol. The van der Waals surface area contributed by atoms with E-state index in [9.17, 15) is 50.5 Å². The maximum atomic E-state index is 13.1. The SMILES string of the molecule is Cc1ccc(C(=O)NC(=O)NC(=O)c2ccc(C)c(Nc3cc(S(=O)(=O)O)cc4cc(O)ccc34)c2)cc1Nc1cc(S(=O)(=O)O)cc2cc(O)ccc12. The number of carbonyl (C=O) groups is 3. The molecule has 0 bridgehead atoms. The van der Waals surface area contributed by atoms with E-state index in [1.54, 1.807) is 26.0 Å². The third-order valence-corrected chi connectivity index (χ3v) is 10.1. The van der Waals surface area contributed by atoms with Gasteiger partial charge in [0.05, 0.1) is 9.79 Å². The minimum Gasteiger partial charge on any atom is -0.508 e.